The van der Waals surface area contributed by atoms with E-state index in [9.17, 15) is 18.4 Å². The number of hydrogen-bond acceptors (Lipinski definition) is 5. The van der Waals surface area contributed by atoms with Crippen LogP contribution >= 0.6 is 11.3 Å². The van der Waals surface area contributed by atoms with Crippen LogP contribution in [-0.2, 0) is 17.6 Å². The summed E-state index contributed by atoms with van der Waals surface area (Å²) in [5.74, 6) is -0.418. The number of amides is 1. The molecule has 0 radical (unpaired) electrons. The van der Waals surface area contributed by atoms with E-state index in [0.717, 1.165) is 29.7 Å². The number of rotatable bonds is 5. The summed E-state index contributed by atoms with van der Waals surface area (Å²) < 4.78 is 33.6. The number of benzene rings is 1. The Hall–Kier alpha value is -2.48. The number of esters is 1. The van der Waals surface area contributed by atoms with E-state index in [1.165, 1.54) is 42.7 Å². The Balaban J connectivity index is 1.84. The summed E-state index contributed by atoms with van der Waals surface area (Å²) in [7, 11) is 1.31. The van der Waals surface area contributed by atoms with Crippen LogP contribution < -0.4 is 10.1 Å². The number of carbonyl (C=O) groups excluding carboxylic acids is 2. The molecule has 0 fully saturated rings. The fourth-order valence-corrected chi connectivity index (χ4v) is 4.51. The topological polar surface area (TPSA) is 64.6 Å². The fraction of sp³-hybridized carbons (Fsp3) is 0.368. The first-order valence-corrected chi connectivity index (χ1v) is 9.29. The lowest BCUT2D eigenvalue weighted by molar-refractivity contribution is -0.0498. The molecule has 0 bridgehead atoms. The summed E-state index contributed by atoms with van der Waals surface area (Å²) in [5.41, 5.74) is 1.63. The van der Waals surface area contributed by atoms with Gasteiger partial charge < -0.3 is 14.8 Å². The molecule has 1 aliphatic carbocycles. The van der Waals surface area contributed by atoms with Gasteiger partial charge >= 0.3 is 12.6 Å². The van der Waals surface area contributed by atoms with Crippen molar-refractivity contribution in [2.45, 2.75) is 32.8 Å². The summed E-state index contributed by atoms with van der Waals surface area (Å²) in [6.45, 7) is -0.769. The molecule has 1 atom stereocenters. The largest absolute Gasteiger partial charge is 0.465 e. The van der Waals surface area contributed by atoms with Gasteiger partial charge in [0.15, 0.2) is 0 Å². The van der Waals surface area contributed by atoms with Gasteiger partial charge in [-0.3, -0.25) is 4.79 Å². The zero-order valence-electron chi connectivity index (χ0n) is 14.9. The van der Waals surface area contributed by atoms with Crippen LogP contribution in [0.3, 0.4) is 0 Å². The van der Waals surface area contributed by atoms with Crippen LogP contribution in [0.1, 0.15) is 44.5 Å². The number of methoxy groups -OCH3 is 1. The molecule has 8 heteroatoms. The molecule has 3 rings (SSSR count). The Morgan fingerprint density at radius 2 is 1.96 bits per heavy atom. The third-order valence-corrected chi connectivity index (χ3v) is 5.64. The van der Waals surface area contributed by atoms with Crippen LogP contribution in [0.15, 0.2) is 24.3 Å². The highest BCUT2D eigenvalue weighted by molar-refractivity contribution is 7.17. The Morgan fingerprint density at radius 3 is 2.59 bits per heavy atom. The van der Waals surface area contributed by atoms with Crippen molar-refractivity contribution in [3.05, 3.63) is 45.8 Å². The second kappa shape index (κ2) is 8.04. The minimum atomic E-state index is -2.92. The molecule has 1 heterocycles. The summed E-state index contributed by atoms with van der Waals surface area (Å²) in [6.07, 6.45) is 2.61. The summed E-state index contributed by atoms with van der Waals surface area (Å²) in [4.78, 5) is 25.9. The molecule has 144 valence electrons. The van der Waals surface area contributed by atoms with Gasteiger partial charge in [0.2, 0.25) is 0 Å². The molecule has 27 heavy (non-hydrogen) atoms. The van der Waals surface area contributed by atoms with Gasteiger partial charge in [-0.05, 0) is 55.0 Å². The number of nitrogens with one attached hydrogen (secondary N) is 1. The van der Waals surface area contributed by atoms with E-state index in [1.807, 2.05) is 0 Å². The number of ether oxygens (including phenoxy) is 2. The van der Waals surface area contributed by atoms with Crippen LogP contribution in [0.5, 0.6) is 5.75 Å². The molecule has 1 amide bonds. The maximum Gasteiger partial charge on any atom is 0.387 e. The van der Waals surface area contributed by atoms with Gasteiger partial charge in [0, 0.05) is 10.4 Å². The van der Waals surface area contributed by atoms with Gasteiger partial charge in [-0.25, -0.2) is 4.79 Å². The Bertz CT molecular complexity index is 848. The number of halogens is 2. The standard InChI is InChI=1S/C19H19F2NO4S/c1-10-3-8-13-14(9-10)27-17(15(13)18(24)25-2)22-16(23)11-4-6-12(7-5-11)26-19(20)21/h4-7,10,19H,3,8-9H2,1-2H3,(H,22,23)/t10-/m1/s1. The van der Waals surface area contributed by atoms with E-state index < -0.39 is 18.5 Å². The van der Waals surface area contributed by atoms with E-state index in [-0.39, 0.29) is 11.3 Å². The highest BCUT2D eigenvalue weighted by Crippen LogP contribution is 2.40. The van der Waals surface area contributed by atoms with Crippen molar-refractivity contribution in [3.8, 4) is 5.75 Å². The predicted octanol–water partition coefficient (Wildman–Crippen LogP) is 4.51. The van der Waals surface area contributed by atoms with Crippen LogP contribution in [0, 0.1) is 5.92 Å². The fourth-order valence-electron chi connectivity index (χ4n) is 3.12. The first kappa shape index (κ1) is 19.3. The van der Waals surface area contributed by atoms with E-state index in [0.29, 0.717) is 16.5 Å². The van der Waals surface area contributed by atoms with Gasteiger partial charge in [0.25, 0.3) is 5.91 Å². The lowest BCUT2D eigenvalue weighted by atomic mass is 9.88. The van der Waals surface area contributed by atoms with Crippen molar-refractivity contribution < 1.29 is 27.8 Å². The maximum atomic E-state index is 12.5. The Kier molecular flexibility index (Phi) is 5.74. The lowest BCUT2D eigenvalue weighted by Crippen LogP contribution is -2.16. The molecular formula is C19H19F2NO4S. The first-order valence-electron chi connectivity index (χ1n) is 8.48. The minimum absolute atomic E-state index is 0.0302. The number of thiophene rings is 1. The molecule has 0 saturated heterocycles. The van der Waals surface area contributed by atoms with E-state index in [1.54, 1.807) is 0 Å². The van der Waals surface area contributed by atoms with Crippen LogP contribution in [0.4, 0.5) is 13.8 Å². The molecule has 0 spiro atoms. The average Bonchev–Trinajstić information content (AvgIpc) is 2.97. The second-order valence-electron chi connectivity index (χ2n) is 6.40. The smallest absolute Gasteiger partial charge is 0.387 e. The number of fused-ring (bicyclic) bond motifs is 1. The number of anilines is 1. The Labute approximate surface area is 159 Å². The quantitative estimate of drug-likeness (QED) is 0.757. The van der Waals surface area contributed by atoms with Gasteiger partial charge in [-0.15, -0.1) is 11.3 Å². The molecule has 2 aromatic rings. The monoisotopic (exact) mass is 395 g/mol. The van der Waals surface area contributed by atoms with E-state index in [2.05, 4.69) is 17.0 Å². The number of alkyl halides is 2. The molecule has 1 aromatic heterocycles. The number of hydrogen-bond donors (Lipinski definition) is 1. The zero-order valence-corrected chi connectivity index (χ0v) is 15.7. The molecule has 0 aliphatic heterocycles. The van der Waals surface area contributed by atoms with Crippen molar-refractivity contribution in [3.63, 3.8) is 0 Å². The van der Waals surface area contributed by atoms with Crippen LogP contribution in [-0.4, -0.2) is 25.6 Å². The predicted molar refractivity (Wildman–Crippen MR) is 97.9 cm³/mol. The Morgan fingerprint density at radius 1 is 1.26 bits per heavy atom. The molecule has 0 unspecified atom stereocenters. The van der Waals surface area contributed by atoms with Crippen LogP contribution in [0.2, 0.25) is 0 Å². The van der Waals surface area contributed by atoms with E-state index >= 15 is 0 Å². The highest BCUT2D eigenvalue weighted by atomic mass is 32.1. The summed E-state index contributed by atoms with van der Waals surface area (Å²) in [5, 5.41) is 3.22. The summed E-state index contributed by atoms with van der Waals surface area (Å²) in [6, 6.07) is 5.37. The molecule has 1 aliphatic rings. The SMILES string of the molecule is COC(=O)c1c(NC(=O)c2ccc(OC(F)F)cc2)sc2c1CC[C@@H](C)C2. The third-order valence-electron chi connectivity index (χ3n) is 4.47. The summed E-state index contributed by atoms with van der Waals surface area (Å²) >= 11 is 1.39. The average molecular weight is 395 g/mol. The minimum Gasteiger partial charge on any atom is -0.465 e. The zero-order chi connectivity index (χ0) is 19.6. The van der Waals surface area contributed by atoms with Crippen LogP contribution in [0.25, 0.3) is 0 Å². The van der Waals surface area contributed by atoms with Crippen molar-refractivity contribution in [1.29, 1.82) is 0 Å². The normalized spacial score (nSPS) is 16.0. The van der Waals surface area contributed by atoms with Crippen molar-refractivity contribution in [2.75, 3.05) is 12.4 Å². The molecule has 1 N–H and O–H groups in total. The maximum absolute atomic E-state index is 12.5. The number of carbonyl (C=O) groups is 2. The van der Waals surface area contributed by atoms with Gasteiger partial charge in [0.05, 0.1) is 12.7 Å². The van der Waals surface area contributed by atoms with Gasteiger partial charge in [-0.2, -0.15) is 8.78 Å². The van der Waals surface area contributed by atoms with Gasteiger partial charge in [0.1, 0.15) is 10.8 Å². The van der Waals surface area contributed by atoms with E-state index in [4.69, 9.17) is 4.74 Å². The lowest BCUT2D eigenvalue weighted by Gasteiger charge is -2.18. The van der Waals surface area contributed by atoms with Crippen molar-refractivity contribution in [2.24, 2.45) is 5.92 Å². The third kappa shape index (κ3) is 4.27. The van der Waals surface area contributed by atoms with Gasteiger partial charge in [-0.1, -0.05) is 6.92 Å². The highest BCUT2D eigenvalue weighted by Gasteiger charge is 2.29. The molecular weight excluding hydrogens is 376 g/mol. The van der Waals surface area contributed by atoms with Crippen molar-refractivity contribution in [1.82, 2.24) is 0 Å². The molecule has 5 nitrogen and oxygen atoms in total. The molecule has 1 aromatic carbocycles. The first-order chi connectivity index (χ1) is 12.9. The second-order valence-corrected chi connectivity index (χ2v) is 7.51. The molecule has 0 saturated carbocycles. The van der Waals surface area contributed by atoms with Crippen molar-refractivity contribution >= 4 is 28.2 Å².